The van der Waals surface area contributed by atoms with Crippen LogP contribution in [0.2, 0.25) is 10.0 Å². The molecule has 0 fully saturated rings. The topological polar surface area (TPSA) is 30.8 Å². The Hall–Kier alpha value is -1.76. The van der Waals surface area contributed by atoms with Gasteiger partial charge in [0.1, 0.15) is 6.61 Å². The molecule has 0 bridgehead atoms. The van der Waals surface area contributed by atoms with Crippen LogP contribution in [-0.4, -0.2) is 13.3 Å². The minimum Gasteiger partial charge on any atom is -0.493 e. The van der Waals surface area contributed by atoms with Gasteiger partial charge in [0.05, 0.1) is 16.4 Å². The molecule has 3 aromatic carbocycles. The maximum absolute atomic E-state index is 6.22. The Morgan fingerprint density at radius 2 is 1.81 bits per heavy atom. The van der Waals surface area contributed by atoms with Crippen LogP contribution in [0, 0.1) is 3.57 Å². The van der Waals surface area contributed by atoms with Gasteiger partial charge < -0.3 is 9.47 Å². The SMILES string of the molecule is COc1cc(C=Nc2ccccc2)cc(I)c1OCc1ccc(Cl)cc1Cl. The van der Waals surface area contributed by atoms with Gasteiger partial charge in [0.2, 0.25) is 0 Å². The van der Waals surface area contributed by atoms with Gasteiger partial charge in [-0.3, -0.25) is 4.99 Å². The first-order valence-electron chi connectivity index (χ1n) is 8.10. The van der Waals surface area contributed by atoms with E-state index >= 15 is 0 Å². The molecule has 0 saturated heterocycles. The van der Waals surface area contributed by atoms with Crippen molar-refractivity contribution in [2.45, 2.75) is 6.61 Å². The van der Waals surface area contributed by atoms with Gasteiger partial charge in [-0.1, -0.05) is 47.5 Å². The molecule has 0 atom stereocenters. The van der Waals surface area contributed by atoms with Gasteiger partial charge in [0, 0.05) is 21.8 Å². The van der Waals surface area contributed by atoms with Crippen LogP contribution >= 0.6 is 45.8 Å². The summed E-state index contributed by atoms with van der Waals surface area (Å²) in [7, 11) is 1.62. The zero-order chi connectivity index (χ0) is 19.2. The summed E-state index contributed by atoms with van der Waals surface area (Å²) in [5.41, 5.74) is 2.68. The van der Waals surface area contributed by atoms with Crippen LogP contribution in [0.25, 0.3) is 0 Å². The van der Waals surface area contributed by atoms with E-state index in [0.29, 0.717) is 28.2 Å². The second-order valence-corrected chi connectivity index (χ2v) is 7.66. The molecule has 0 unspecified atom stereocenters. The van der Waals surface area contributed by atoms with Gasteiger partial charge in [-0.05, 0) is 64.6 Å². The summed E-state index contributed by atoms with van der Waals surface area (Å²) in [4.78, 5) is 4.48. The predicted octanol–water partition coefficient (Wildman–Crippen LogP) is 6.94. The molecule has 3 nitrogen and oxygen atoms in total. The second kappa shape index (κ2) is 9.44. The van der Waals surface area contributed by atoms with Crippen molar-refractivity contribution in [3.05, 3.63) is 85.4 Å². The minimum atomic E-state index is 0.319. The molecule has 0 heterocycles. The number of halogens is 3. The number of hydrogen-bond acceptors (Lipinski definition) is 3. The van der Waals surface area contributed by atoms with E-state index in [9.17, 15) is 0 Å². The molecule has 0 N–H and O–H groups in total. The van der Waals surface area contributed by atoms with Crippen molar-refractivity contribution in [3.63, 3.8) is 0 Å². The highest BCUT2D eigenvalue weighted by atomic mass is 127. The summed E-state index contributed by atoms with van der Waals surface area (Å²) in [6.45, 7) is 0.319. The number of methoxy groups -OCH3 is 1. The van der Waals surface area contributed by atoms with Crippen molar-refractivity contribution in [3.8, 4) is 11.5 Å². The first kappa shape index (κ1) is 20.0. The summed E-state index contributed by atoms with van der Waals surface area (Å²) in [5.74, 6) is 1.31. The number of benzene rings is 3. The quantitative estimate of drug-likeness (QED) is 0.265. The van der Waals surface area contributed by atoms with Gasteiger partial charge in [0.25, 0.3) is 0 Å². The molecule has 0 saturated carbocycles. The highest BCUT2D eigenvalue weighted by Crippen LogP contribution is 2.35. The Balaban J connectivity index is 1.80. The van der Waals surface area contributed by atoms with Gasteiger partial charge in [-0.25, -0.2) is 0 Å². The van der Waals surface area contributed by atoms with Gasteiger partial charge >= 0.3 is 0 Å². The fourth-order valence-corrected chi connectivity index (χ4v) is 3.65. The third kappa shape index (κ3) is 5.37. The maximum Gasteiger partial charge on any atom is 0.174 e. The van der Waals surface area contributed by atoms with Gasteiger partial charge in [-0.15, -0.1) is 0 Å². The van der Waals surface area contributed by atoms with Crippen LogP contribution in [-0.2, 0) is 6.61 Å². The van der Waals surface area contributed by atoms with Crippen molar-refractivity contribution < 1.29 is 9.47 Å². The lowest BCUT2D eigenvalue weighted by molar-refractivity contribution is 0.282. The number of nitrogens with zero attached hydrogens (tertiary/aromatic N) is 1. The molecular formula is C21H16Cl2INO2. The summed E-state index contributed by atoms with van der Waals surface area (Å²) in [5, 5.41) is 1.17. The first-order valence-corrected chi connectivity index (χ1v) is 9.93. The summed E-state index contributed by atoms with van der Waals surface area (Å²) in [6.07, 6.45) is 1.81. The second-order valence-electron chi connectivity index (χ2n) is 5.65. The molecule has 6 heteroatoms. The number of rotatable bonds is 6. The maximum atomic E-state index is 6.22. The number of ether oxygens (including phenoxy) is 2. The molecular weight excluding hydrogens is 496 g/mol. The lowest BCUT2D eigenvalue weighted by Gasteiger charge is -2.14. The monoisotopic (exact) mass is 511 g/mol. The lowest BCUT2D eigenvalue weighted by Crippen LogP contribution is -2.01. The van der Waals surface area contributed by atoms with Crippen LogP contribution in [0.15, 0.2) is 65.7 Å². The number of aliphatic imine (C=N–C) groups is 1. The van der Waals surface area contributed by atoms with E-state index in [1.165, 1.54) is 0 Å². The fourth-order valence-electron chi connectivity index (χ4n) is 2.41. The van der Waals surface area contributed by atoms with Crippen LogP contribution in [0.5, 0.6) is 11.5 Å². The van der Waals surface area contributed by atoms with E-state index in [1.54, 1.807) is 25.5 Å². The fraction of sp³-hybridized carbons (Fsp3) is 0.0952. The summed E-state index contributed by atoms with van der Waals surface area (Å²) in [6, 6.07) is 19.0. The van der Waals surface area contributed by atoms with Crippen molar-refractivity contribution in [2.75, 3.05) is 7.11 Å². The Morgan fingerprint density at radius 3 is 2.52 bits per heavy atom. The van der Waals surface area contributed by atoms with E-state index in [4.69, 9.17) is 32.7 Å². The Morgan fingerprint density at radius 1 is 1.04 bits per heavy atom. The van der Waals surface area contributed by atoms with E-state index in [2.05, 4.69) is 27.6 Å². The molecule has 0 amide bonds. The summed E-state index contributed by atoms with van der Waals surface area (Å²) >= 11 is 14.4. The lowest BCUT2D eigenvalue weighted by atomic mass is 10.2. The molecule has 138 valence electrons. The molecule has 0 aliphatic carbocycles. The Bertz CT molecular complexity index is 962. The average molecular weight is 512 g/mol. The van der Waals surface area contributed by atoms with Crippen LogP contribution in [0.4, 0.5) is 5.69 Å². The molecule has 0 aliphatic heterocycles. The van der Waals surface area contributed by atoms with Crippen molar-refractivity contribution in [1.82, 2.24) is 0 Å². The zero-order valence-electron chi connectivity index (χ0n) is 14.5. The molecule has 0 radical (unpaired) electrons. The van der Waals surface area contributed by atoms with Crippen molar-refractivity contribution >= 4 is 57.7 Å². The molecule has 3 aromatic rings. The molecule has 27 heavy (non-hydrogen) atoms. The Labute approximate surface area is 182 Å². The van der Waals surface area contributed by atoms with Gasteiger partial charge in [0.15, 0.2) is 11.5 Å². The number of para-hydroxylation sites is 1. The minimum absolute atomic E-state index is 0.319. The van der Waals surface area contributed by atoms with Crippen molar-refractivity contribution in [2.24, 2.45) is 4.99 Å². The smallest absolute Gasteiger partial charge is 0.174 e. The first-order chi connectivity index (χ1) is 13.1. The highest BCUT2D eigenvalue weighted by molar-refractivity contribution is 14.1. The normalized spacial score (nSPS) is 11.0. The van der Waals surface area contributed by atoms with E-state index in [1.807, 2.05) is 48.5 Å². The predicted molar refractivity (Wildman–Crippen MR) is 120 cm³/mol. The zero-order valence-corrected chi connectivity index (χ0v) is 18.1. The third-order valence-corrected chi connectivity index (χ3v) is 5.15. The van der Waals surface area contributed by atoms with E-state index < -0.39 is 0 Å². The molecule has 0 spiro atoms. The Kier molecular flexibility index (Phi) is 6.99. The molecule has 0 aliphatic rings. The molecule has 0 aromatic heterocycles. The standard InChI is InChI=1S/C21H16Cl2INO2/c1-26-20-10-14(12-25-17-5-3-2-4-6-17)9-19(24)21(20)27-13-15-7-8-16(22)11-18(15)23/h2-12H,13H2,1H3. The largest absolute Gasteiger partial charge is 0.493 e. The van der Waals surface area contributed by atoms with Crippen LogP contribution < -0.4 is 9.47 Å². The van der Waals surface area contributed by atoms with Crippen LogP contribution in [0.1, 0.15) is 11.1 Å². The highest BCUT2D eigenvalue weighted by Gasteiger charge is 2.12. The molecule has 3 rings (SSSR count). The number of hydrogen-bond donors (Lipinski definition) is 0. The van der Waals surface area contributed by atoms with Crippen LogP contribution in [0.3, 0.4) is 0 Å². The third-order valence-electron chi connectivity index (χ3n) is 3.76. The van der Waals surface area contributed by atoms with Crippen molar-refractivity contribution in [1.29, 1.82) is 0 Å². The average Bonchev–Trinajstić information content (AvgIpc) is 2.67. The van der Waals surface area contributed by atoms with E-state index in [0.717, 1.165) is 20.4 Å². The summed E-state index contributed by atoms with van der Waals surface area (Å²) < 4.78 is 12.4. The van der Waals surface area contributed by atoms with Gasteiger partial charge in [-0.2, -0.15) is 0 Å². The van der Waals surface area contributed by atoms with E-state index in [-0.39, 0.29) is 0 Å².